The van der Waals surface area contributed by atoms with Crippen LogP contribution in [0.1, 0.15) is 15.9 Å². The van der Waals surface area contributed by atoms with Gasteiger partial charge in [0.15, 0.2) is 0 Å². The van der Waals surface area contributed by atoms with Crippen molar-refractivity contribution < 1.29 is 14.3 Å². The summed E-state index contributed by atoms with van der Waals surface area (Å²) in [5, 5.41) is 3.01. The van der Waals surface area contributed by atoms with Crippen LogP contribution in [-0.2, 0) is 16.0 Å². The first-order valence-corrected chi connectivity index (χ1v) is 7.59. The Morgan fingerprint density at radius 2 is 1.86 bits per heavy atom. The van der Waals surface area contributed by atoms with Gasteiger partial charge < -0.3 is 10.1 Å². The standard InChI is InChI=1S/C16H13BrClNO3/c1-22-16(21)13-9-12(6-7-14(13)18)19-15(20)8-10-2-4-11(17)5-3-10/h2-7,9H,8H2,1H3,(H,19,20). The first kappa shape index (κ1) is 16.5. The Balaban J connectivity index is 2.08. The SMILES string of the molecule is COC(=O)c1cc(NC(=O)Cc2ccc(Br)cc2)ccc1Cl. The highest BCUT2D eigenvalue weighted by atomic mass is 79.9. The van der Waals surface area contributed by atoms with E-state index in [2.05, 4.69) is 26.0 Å². The predicted octanol–water partition coefficient (Wildman–Crippen LogP) is 4.07. The molecule has 6 heteroatoms. The van der Waals surface area contributed by atoms with E-state index in [1.165, 1.54) is 13.2 Å². The van der Waals surface area contributed by atoms with Crippen LogP contribution in [-0.4, -0.2) is 19.0 Å². The van der Waals surface area contributed by atoms with Crippen molar-refractivity contribution in [3.05, 3.63) is 63.1 Å². The average Bonchev–Trinajstić information content (AvgIpc) is 2.50. The fourth-order valence-corrected chi connectivity index (χ4v) is 2.32. The van der Waals surface area contributed by atoms with E-state index in [4.69, 9.17) is 11.6 Å². The molecule has 0 aliphatic heterocycles. The summed E-state index contributed by atoms with van der Waals surface area (Å²) < 4.78 is 5.60. The van der Waals surface area contributed by atoms with Crippen LogP contribution in [0.15, 0.2) is 46.9 Å². The molecule has 2 rings (SSSR count). The van der Waals surface area contributed by atoms with Gasteiger partial charge in [0, 0.05) is 10.2 Å². The number of amides is 1. The lowest BCUT2D eigenvalue weighted by molar-refractivity contribution is -0.115. The number of nitrogens with one attached hydrogen (secondary N) is 1. The molecule has 0 bridgehead atoms. The molecular formula is C16H13BrClNO3. The number of rotatable bonds is 4. The Morgan fingerprint density at radius 1 is 1.18 bits per heavy atom. The summed E-state index contributed by atoms with van der Waals surface area (Å²) in [5.41, 5.74) is 1.60. The Hall–Kier alpha value is -1.85. The second kappa shape index (κ2) is 7.42. The van der Waals surface area contributed by atoms with Crippen LogP contribution in [0.5, 0.6) is 0 Å². The van der Waals surface area contributed by atoms with Crippen molar-refractivity contribution in [1.29, 1.82) is 0 Å². The van der Waals surface area contributed by atoms with Crippen LogP contribution in [0.25, 0.3) is 0 Å². The van der Waals surface area contributed by atoms with Crippen LogP contribution in [0.4, 0.5) is 5.69 Å². The molecule has 0 aromatic heterocycles. The number of benzene rings is 2. The van der Waals surface area contributed by atoms with E-state index >= 15 is 0 Å². The van der Waals surface area contributed by atoms with Gasteiger partial charge in [0.05, 0.1) is 24.1 Å². The van der Waals surface area contributed by atoms with Crippen LogP contribution < -0.4 is 5.32 Å². The molecule has 1 amide bonds. The molecule has 0 unspecified atom stereocenters. The molecule has 0 aliphatic rings. The highest BCUT2D eigenvalue weighted by molar-refractivity contribution is 9.10. The minimum atomic E-state index is -0.547. The van der Waals surface area contributed by atoms with Crippen molar-refractivity contribution in [2.75, 3.05) is 12.4 Å². The van der Waals surface area contributed by atoms with E-state index in [0.717, 1.165) is 10.0 Å². The predicted molar refractivity (Wildman–Crippen MR) is 89.3 cm³/mol. The molecular weight excluding hydrogens is 370 g/mol. The molecule has 4 nitrogen and oxygen atoms in total. The van der Waals surface area contributed by atoms with Crippen molar-refractivity contribution in [1.82, 2.24) is 0 Å². The fourth-order valence-electron chi connectivity index (χ4n) is 1.86. The number of hydrogen-bond donors (Lipinski definition) is 1. The van der Waals surface area contributed by atoms with Gasteiger partial charge in [-0.05, 0) is 35.9 Å². The lowest BCUT2D eigenvalue weighted by Crippen LogP contribution is -2.15. The third kappa shape index (κ3) is 4.32. The van der Waals surface area contributed by atoms with Crippen molar-refractivity contribution in [3.63, 3.8) is 0 Å². The maximum atomic E-state index is 12.0. The van der Waals surface area contributed by atoms with E-state index in [9.17, 15) is 9.59 Å². The summed E-state index contributed by atoms with van der Waals surface area (Å²) in [6.07, 6.45) is 0.240. The number of ether oxygens (including phenoxy) is 1. The first-order valence-electron chi connectivity index (χ1n) is 6.42. The molecule has 0 saturated carbocycles. The molecule has 1 N–H and O–H groups in total. The number of halogens is 2. The molecule has 0 fully saturated rings. The summed E-state index contributed by atoms with van der Waals surface area (Å²) in [5.74, 6) is -0.727. The van der Waals surface area contributed by atoms with Crippen molar-refractivity contribution in [2.24, 2.45) is 0 Å². The minimum absolute atomic E-state index is 0.180. The van der Waals surface area contributed by atoms with E-state index in [1.807, 2.05) is 24.3 Å². The number of hydrogen-bond acceptors (Lipinski definition) is 3. The van der Waals surface area contributed by atoms with Crippen molar-refractivity contribution in [2.45, 2.75) is 6.42 Å². The van der Waals surface area contributed by atoms with Crippen LogP contribution >= 0.6 is 27.5 Å². The quantitative estimate of drug-likeness (QED) is 0.811. The third-order valence-corrected chi connectivity index (χ3v) is 3.79. The van der Waals surface area contributed by atoms with Crippen LogP contribution in [0, 0.1) is 0 Å². The van der Waals surface area contributed by atoms with E-state index in [1.54, 1.807) is 12.1 Å². The maximum absolute atomic E-state index is 12.0. The van der Waals surface area contributed by atoms with Gasteiger partial charge in [-0.15, -0.1) is 0 Å². The maximum Gasteiger partial charge on any atom is 0.339 e. The molecule has 0 atom stereocenters. The van der Waals surface area contributed by atoms with Gasteiger partial charge in [-0.2, -0.15) is 0 Å². The monoisotopic (exact) mass is 381 g/mol. The Labute approximate surface area is 141 Å². The molecule has 0 radical (unpaired) electrons. The van der Waals surface area contributed by atoms with Gasteiger partial charge >= 0.3 is 5.97 Å². The molecule has 0 heterocycles. The van der Waals surface area contributed by atoms with Gasteiger partial charge in [-0.1, -0.05) is 39.7 Å². The normalized spacial score (nSPS) is 10.1. The molecule has 2 aromatic rings. The number of carbonyl (C=O) groups excluding carboxylic acids is 2. The highest BCUT2D eigenvalue weighted by Gasteiger charge is 2.12. The zero-order chi connectivity index (χ0) is 16.1. The summed E-state index contributed by atoms with van der Waals surface area (Å²) >= 11 is 9.28. The number of carbonyl (C=O) groups is 2. The van der Waals surface area contributed by atoms with Gasteiger partial charge in [0.2, 0.25) is 5.91 Å². The second-order valence-electron chi connectivity index (χ2n) is 4.54. The lowest BCUT2D eigenvalue weighted by atomic mass is 10.1. The molecule has 0 saturated heterocycles. The van der Waals surface area contributed by atoms with Gasteiger partial charge in [0.25, 0.3) is 0 Å². The van der Waals surface area contributed by atoms with Crippen molar-refractivity contribution in [3.8, 4) is 0 Å². The molecule has 2 aromatic carbocycles. The largest absolute Gasteiger partial charge is 0.465 e. The zero-order valence-electron chi connectivity index (χ0n) is 11.7. The molecule has 114 valence electrons. The smallest absolute Gasteiger partial charge is 0.339 e. The molecule has 0 aliphatic carbocycles. The third-order valence-electron chi connectivity index (χ3n) is 2.93. The second-order valence-corrected chi connectivity index (χ2v) is 5.86. The van der Waals surface area contributed by atoms with Gasteiger partial charge in [-0.3, -0.25) is 4.79 Å². The number of anilines is 1. The minimum Gasteiger partial charge on any atom is -0.465 e. The van der Waals surface area contributed by atoms with Crippen LogP contribution in [0.3, 0.4) is 0 Å². The van der Waals surface area contributed by atoms with E-state index in [-0.39, 0.29) is 22.9 Å². The summed E-state index contributed by atoms with van der Waals surface area (Å²) in [4.78, 5) is 23.6. The zero-order valence-corrected chi connectivity index (χ0v) is 14.1. The summed E-state index contributed by atoms with van der Waals surface area (Å²) in [6.45, 7) is 0. The summed E-state index contributed by atoms with van der Waals surface area (Å²) in [7, 11) is 1.28. The van der Waals surface area contributed by atoms with Crippen LogP contribution in [0.2, 0.25) is 5.02 Å². The lowest BCUT2D eigenvalue weighted by Gasteiger charge is -2.08. The topological polar surface area (TPSA) is 55.4 Å². The molecule has 22 heavy (non-hydrogen) atoms. The average molecular weight is 383 g/mol. The summed E-state index contributed by atoms with van der Waals surface area (Å²) in [6, 6.07) is 12.2. The van der Waals surface area contributed by atoms with Gasteiger partial charge in [0.1, 0.15) is 0 Å². The highest BCUT2D eigenvalue weighted by Crippen LogP contribution is 2.21. The fraction of sp³-hybridized carbons (Fsp3) is 0.125. The number of esters is 1. The van der Waals surface area contributed by atoms with E-state index < -0.39 is 5.97 Å². The Bertz CT molecular complexity index is 701. The van der Waals surface area contributed by atoms with E-state index in [0.29, 0.717) is 5.69 Å². The number of methoxy groups -OCH3 is 1. The van der Waals surface area contributed by atoms with Gasteiger partial charge in [-0.25, -0.2) is 4.79 Å². The van der Waals surface area contributed by atoms with Crippen molar-refractivity contribution >= 4 is 45.1 Å². The molecule has 0 spiro atoms. The Kier molecular flexibility index (Phi) is 5.57. The Morgan fingerprint density at radius 3 is 2.50 bits per heavy atom. The first-order chi connectivity index (χ1) is 10.5.